The molecule has 0 amide bonds. The van der Waals surface area contributed by atoms with Crippen molar-refractivity contribution in [2.24, 2.45) is 0 Å². The second kappa shape index (κ2) is 5.75. The fourth-order valence-corrected chi connectivity index (χ4v) is 3.09. The average Bonchev–Trinajstić information content (AvgIpc) is 2.85. The molecule has 0 bridgehead atoms. The lowest BCUT2D eigenvalue weighted by Crippen LogP contribution is -2.33. The minimum atomic E-state index is 0.0624. The van der Waals surface area contributed by atoms with E-state index in [1.165, 1.54) is 25.7 Å². The predicted molar refractivity (Wildman–Crippen MR) is 76.7 cm³/mol. The molecule has 1 aromatic carbocycles. The third kappa shape index (κ3) is 2.69. The first-order valence-electron chi connectivity index (χ1n) is 6.70. The number of benzene rings is 1. The molecule has 0 aromatic heterocycles. The van der Waals surface area contributed by atoms with E-state index in [0.29, 0.717) is 16.6 Å². The molecule has 0 saturated heterocycles. The Morgan fingerprint density at radius 1 is 1.39 bits per heavy atom. The number of nitrogens with zero attached hydrogens (tertiary/aromatic N) is 1. The molecular formula is C15H20ClNO. The van der Waals surface area contributed by atoms with Crippen molar-refractivity contribution in [2.45, 2.75) is 45.6 Å². The Hall–Kier alpha value is -1.02. The second-order valence-corrected chi connectivity index (χ2v) is 5.35. The van der Waals surface area contributed by atoms with Gasteiger partial charge in [-0.3, -0.25) is 4.79 Å². The molecule has 1 fully saturated rings. The molecule has 0 spiro atoms. The maximum atomic E-state index is 11.3. The van der Waals surface area contributed by atoms with E-state index in [1.54, 1.807) is 13.0 Å². The zero-order valence-corrected chi connectivity index (χ0v) is 11.8. The predicted octanol–water partition coefficient (Wildman–Crippen LogP) is 4.31. The highest BCUT2D eigenvalue weighted by molar-refractivity contribution is 6.33. The Morgan fingerprint density at radius 3 is 2.56 bits per heavy atom. The van der Waals surface area contributed by atoms with Crippen molar-refractivity contribution < 1.29 is 4.79 Å². The monoisotopic (exact) mass is 265 g/mol. The average molecular weight is 266 g/mol. The molecule has 0 heterocycles. The third-order valence-electron chi connectivity index (χ3n) is 3.77. The normalized spacial score (nSPS) is 15.9. The molecule has 18 heavy (non-hydrogen) atoms. The van der Waals surface area contributed by atoms with Gasteiger partial charge in [0.2, 0.25) is 0 Å². The van der Waals surface area contributed by atoms with Crippen LogP contribution in [0.15, 0.2) is 18.2 Å². The van der Waals surface area contributed by atoms with E-state index in [9.17, 15) is 4.79 Å². The van der Waals surface area contributed by atoms with Crippen LogP contribution in [0.4, 0.5) is 5.69 Å². The van der Waals surface area contributed by atoms with Crippen LogP contribution < -0.4 is 4.90 Å². The minimum Gasteiger partial charge on any atom is -0.368 e. The number of carbonyl (C=O) groups is 1. The van der Waals surface area contributed by atoms with Crippen molar-refractivity contribution in [3.8, 4) is 0 Å². The Kier molecular flexibility index (Phi) is 4.28. The van der Waals surface area contributed by atoms with Crippen molar-refractivity contribution in [2.75, 3.05) is 11.4 Å². The van der Waals surface area contributed by atoms with Gasteiger partial charge in [0, 0.05) is 18.2 Å². The molecule has 1 saturated carbocycles. The molecule has 2 rings (SSSR count). The van der Waals surface area contributed by atoms with Crippen LogP contribution in [-0.4, -0.2) is 18.4 Å². The molecule has 98 valence electrons. The van der Waals surface area contributed by atoms with Crippen LogP contribution in [0.2, 0.25) is 5.02 Å². The van der Waals surface area contributed by atoms with E-state index in [1.807, 2.05) is 12.1 Å². The van der Waals surface area contributed by atoms with Gasteiger partial charge in [-0.1, -0.05) is 24.4 Å². The third-order valence-corrected chi connectivity index (χ3v) is 4.07. The van der Waals surface area contributed by atoms with Crippen LogP contribution in [-0.2, 0) is 0 Å². The Labute approximate surface area is 114 Å². The number of rotatable bonds is 4. The Bertz CT molecular complexity index is 438. The highest BCUT2D eigenvalue weighted by Crippen LogP contribution is 2.33. The number of Topliss-reactive ketones (excluding diaryl/α,β-unsaturated/α-hetero) is 1. The molecule has 1 aliphatic rings. The summed E-state index contributed by atoms with van der Waals surface area (Å²) < 4.78 is 0. The minimum absolute atomic E-state index is 0.0624. The van der Waals surface area contributed by atoms with Crippen molar-refractivity contribution in [1.29, 1.82) is 0 Å². The fraction of sp³-hybridized carbons (Fsp3) is 0.533. The second-order valence-electron chi connectivity index (χ2n) is 4.95. The summed E-state index contributed by atoms with van der Waals surface area (Å²) in [5.74, 6) is 0.0624. The number of ketones is 1. The maximum Gasteiger partial charge on any atom is 0.159 e. The van der Waals surface area contributed by atoms with E-state index in [2.05, 4.69) is 11.8 Å². The summed E-state index contributed by atoms with van der Waals surface area (Å²) >= 11 is 6.33. The number of anilines is 1. The molecule has 1 aromatic rings. The van der Waals surface area contributed by atoms with Crippen LogP contribution in [0, 0.1) is 0 Å². The van der Waals surface area contributed by atoms with Crippen molar-refractivity contribution in [1.82, 2.24) is 0 Å². The molecule has 0 unspecified atom stereocenters. The quantitative estimate of drug-likeness (QED) is 0.756. The lowest BCUT2D eigenvalue weighted by molar-refractivity contribution is 0.101. The zero-order chi connectivity index (χ0) is 13.1. The topological polar surface area (TPSA) is 20.3 Å². The molecule has 0 radical (unpaired) electrons. The fourth-order valence-electron chi connectivity index (χ4n) is 2.80. The van der Waals surface area contributed by atoms with Gasteiger partial charge in [0.25, 0.3) is 0 Å². The summed E-state index contributed by atoms with van der Waals surface area (Å²) in [6, 6.07) is 6.26. The summed E-state index contributed by atoms with van der Waals surface area (Å²) in [4.78, 5) is 13.7. The first kappa shape index (κ1) is 13.4. The molecule has 0 N–H and O–H groups in total. The highest BCUT2D eigenvalue weighted by Gasteiger charge is 2.23. The van der Waals surface area contributed by atoms with Crippen molar-refractivity contribution >= 4 is 23.1 Å². The summed E-state index contributed by atoms with van der Waals surface area (Å²) in [6.07, 6.45) is 5.12. The van der Waals surface area contributed by atoms with E-state index in [4.69, 9.17) is 11.6 Å². The highest BCUT2D eigenvalue weighted by atomic mass is 35.5. The largest absolute Gasteiger partial charge is 0.368 e. The first-order chi connectivity index (χ1) is 8.63. The van der Waals surface area contributed by atoms with Gasteiger partial charge in [0.1, 0.15) is 0 Å². The van der Waals surface area contributed by atoms with Gasteiger partial charge < -0.3 is 4.90 Å². The van der Waals surface area contributed by atoms with Gasteiger partial charge in [-0.25, -0.2) is 0 Å². The van der Waals surface area contributed by atoms with Crippen LogP contribution >= 0.6 is 11.6 Å². The lowest BCUT2D eigenvalue weighted by Gasteiger charge is -2.30. The molecule has 1 aliphatic carbocycles. The number of hydrogen-bond donors (Lipinski definition) is 0. The summed E-state index contributed by atoms with van der Waals surface area (Å²) in [6.45, 7) is 4.69. The molecular weight excluding hydrogens is 246 g/mol. The first-order valence-corrected chi connectivity index (χ1v) is 7.08. The van der Waals surface area contributed by atoms with Crippen LogP contribution in [0.3, 0.4) is 0 Å². The van der Waals surface area contributed by atoms with Gasteiger partial charge in [0.15, 0.2) is 5.78 Å². The van der Waals surface area contributed by atoms with E-state index in [-0.39, 0.29) is 5.78 Å². The van der Waals surface area contributed by atoms with Crippen LogP contribution in [0.1, 0.15) is 49.9 Å². The van der Waals surface area contributed by atoms with E-state index < -0.39 is 0 Å². The van der Waals surface area contributed by atoms with Crippen LogP contribution in [0.25, 0.3) is 0 Å². The van der Waals surface area contributed by atoms with Gasteiger partial charge in [-0.2, -0.15) is 0 Å². The zero-order valence-electron chi connectivity index (χ0n) is 11.1. The van der Waals surface area contributed by atoms with Gasteiger partial charge >= 0.3 is 0 Å². The van der Waals surface area contributed by atoms with Gasteiger partial charge in [0.05, 0.1) is 10.7 Å². The van der Waals surface area contributed by atoms with Gasteiger partial charge in [-0.15, -0.1) is 0 Å². The Morgan fingerprint density at radius 2 is 2.06 bits per heavy atom. The number of hydrogen-bond acceptors (Lipinski definition) is 2. The molecule has 0 aliphatic heterocycles. The molecule has 2 nitrogen and oxygen atoms in total. The van der Waals surface area contributed by atoms with Gasteiger partial charge in [-0.05, 0) is 44.9 Å². The smallest absolute Gasteiger partial charge is 0.159 e. The lowest BCUT2D eigenvalue weighted by atomic mass is 10.1. The molecule has 3 heteroatoms. The maximum absolute atomic E-state index is 11.3. The Balaban J connectivity index is 2.27. The standard InChI is InChI=1S/C15H20ClNO/c1-3-17(13-6-4-5-7-13)15-9-8-12(11(2)18)10-14(15)16/h8-10,13H,3-7H2,1-2H3. The van der Waals surface area contributed by atoms with Crippen molar-refractivity contribution in [3.05, 3.63) is 28.8 Å². The summed E-state index contributed by atoms with van der Waals surface area (Å²) in [7, 11) is 0. The molecule has 0 atom stereocenters. The number of halogens is 1. The number of carbonyl (C=O) groups excluding carboxylic acids is 1. The van der Waals surface area contributed by atoms with Crippen LogP contribution in [0.5, 0.6) is 0 Å². The summed E-state index contributed by atoms with van der Waals surface area (Å²) in [5.41, 5.74) is 1.75. The SMILES string of the molecule is CCN(c1ccc(C(C)=O)cc1Cl)C1CCCC1. The van der Waals surface area contributed by atoms with E-state index in [0.717, 1.165) is 12.2 Å². The van der Waals surface area contributed by atoms with Crippen molar-refractivity contribution in [3.63, 3.8) is 0 Å². The van der Waals surface area contributed by atoms with E-state index >= 15 is 0 Å². The summed E-state index contributed by atoms with van der Waals surface area (Å²) in [5, 5.41) is 0.691.